The number of nitrogens with zero attached hydrogens (tertiary/aromatic N) is 1. The summed E-state index contributed by atoms with van der Waals surface area (Å²) in [4.78, 5) is 15.1. The van der Waals surface area contributed by atoms with E-state index in [1.54, 1.807) is 4.90 Å². The molecule has 1 heterocycles. The molecule has 0 bridgehead atoms. The fraction of sp³-hybridized carbons (Fsp3) is 0.0833. The van der Waals surface area contributed by atoms with Gasteiger partial charge in [-0.05, 0) is 54.0 Å². The minimum Gasteiger partial charge on any atom is -0.489 e. The molecule has 1 aliphatic heterocycles. The van der Waals surface area contributed by atoms with Crippen molar-refractivity contribution in [3.8, 4) is 5.75 Å². The molecule has 0 aliphatic carbocycles. The normalized spacial score (nSPS) is 15.2. The van der Waals surface area contributed by atoms with Crippen LogP contribution in [0.2, 0.25) is 0 Å². The first-order valence-electron chi connectivity index (χ1n) is 9.21. The molecule has 3 aromatic carbocycles. The SMILES string of the molecule is Cc1cccc(N2C(=O)C(=Cc3cccc(OCc4ccccc4)c3)SC2=S)c1. The van der Waals surface area contributed by atoms with Crippen LogP contribution in [0.3, 0.4) is 0 Å². The molecule has 0 saturated carbocycles. The maximum atomic E-state index is 12.9. The second-order valence-electron chi connectivity index (χ2n) is 6.70. The van der Waals surface area contributed by atoms with Gasteiger partial charge in [-0.3, -0.25) is 9.69 Å². The number of thioether (sulfide) groups is 1. The van der Waals surface area contributed by atoms with Gasteiger partial charge in [0, 0.05) is 0 Å². The highest BCUT2D eigenvalue weighted by Gasteiger charge is 2.33. The van der Waals surface area contributed by atoms with Gasteiger partial charge in [-0.2, -0.15) is 0 Å². The maximum Gasteiger partial charge on any atom is 0.270 e. The summed E-state index contributed by atoms with van der Waals surface area (Å²) >= 11 is 6.78. The van der Waals surface area contributed by atoms with Gasteiger partial charge in [0.2, 0.25) is 0 Å². The molecular weight excluding hydrogens is 398 g/mol. The summed E-state index contributed by atoms with van der Waals surface area (Å²) < 4.78 is 6.44. The van der Waals surface area contributed by atoms with Gasteiger partial charge in [0.15, 0.2) is 4.32 Å². The summed E-state index contributed by atoms with van der Waals surface area (Å²) in [7, 11) is 0. The Bertz CT molecular complexity index is 1090. The van der Waals surface area contributed by atoms with Crippen LogP contribution in [-0.2, 0) is 11.4 Å². The predicted octanol–water partition coefficient (Wildman–Crippen LogP) is 5.98. The first-order valence-corrected chi connectivity index (χ1v) is 10.4. The zero-order valence-corrected chi connectivity index (χ0v) is 17.5. The van der Waals surface area contributed by atoms with Crippen molar-refractivity contribution in [1.82, 2.24) is 0 Å². The molecule has 0 aromatic heterocycles. The number of carbonyl (C=O) groups excluding carboxylic acids is 1. The second-order valence-corrected chi connectivity index (χ2v) is 8.38. The van der Waals surface area contributed by atoms with Crippen LogP contribution in [0.15, 0.2) is 83.8 Å². The molecular formula is C24H19NO2S2. The minimum atomic E-state index is -0.0961. The van der Waals surface area contributed by atoms with Crippen LogP contribution >= 0.6 is 24.0 Å². The van der Waals surface area contributed by atoms with Crippen LogP contribution in [0.5, 0.6) is 5.75 Å². The molecule has 1 fully saturated rings. The minimum absolute atomic E-state index is 0.0961. The van der Waals surface area contributed by atoms with Crippen molar-refractivity contribution in [3.63, 3.8) is 0 Å². The summed E-state index contributed by atoms with van der Waals surface area (Å²) in [5.41, 5.74) is 3.90. The molecule has 3 aromatic rings. The molecule has 3 nitrogen and oxygen atoms in total. The van der Waals surface area contributed by atoms with E-state index in [-0.39, 0.29) is 5.91 Å². The number of thiocarbonyl (C=S) groups is 1. The number of hydrogen-bond donors (Lipinski definition) is 0. The molecule has 144 valence electrons. The van der Waals surface area contributed by atoms with Gasteiger partial charge < -0.3 is 4.74 Å². The highest BCUT2D eigenvalue weighted by Crippen LogP contribution is 2.36. The Morgan fingerprint density at radius 2 is 1.79 bits per heavy atom. The summed E-state index contributed by atoms with van der Waals surface area (Å²) in [5, 5.41) is 0. The van der Waals surface area contributed by atoms with Crippen LogP contribution in [-0.4, -0.2) is 10.2 Å². The zero-order valence-electron chi connectivity index (χ0n) is 15.9. The fourth-order valence-corrected chi connectivity index (χ4v) is 4.34. The van der Waals surface area contributed by atoms with Crippen LogP contribution in [0.1, 0.15) is 16.7 Å². The van der Waals surface area contributed by atoms with E-state index in [4.69, 9.17) is 17.0 Å². The number of carbonyl (C=O) groups is 1. The molecule has 0 atom stereocenters. The largest absolute Gasteiger partial charge is 0.489 e. The van der Waals surface area contributed by atoms with Crippen LogP contribution < -0.4 is 9.64 Å². The second kappa shape index (κ2) is 8.64. The van der Waals surface area contributed by atoms with Crippen molar-refractivity contribution in [3.05, 3.63) is 100 Å². The molecule has 29 heavy (non-hydrogen) atoms. The zero-order chi connectivity index (χ0) is 20.2. The van der Waals surface area contributed by atoms with Gasteiger partial charge >= 0.3 is 0 Å². The Morgan fingerprint density at radius 3 is 2.59 bits per heavy atom. The van der Waals surface area contributed by atoms with E-state index >= 15 is 0 Å². The number of anilines is 1. The Labute approximate surface area is 180 Å². The highest BCUT2D eigenvalue weighted by atomic mass is 32.2. The Hall–Kier alpha value is -2.89. The molecule has 1 saturated heterocycles. The average Bonchev–Trinajstić information content (AvgIpc) is 3.00. The quantitative estimate of drug-likeness (QED) is 0.377. The maximum absolute atomic E-state index is 12.9. The third-order valence-electron chi connectivity index (χ3n) is 4.46. The van der Waals surface area contributed by atoms with E-state index in [9.17, 15) is 4.79 Å². The van der Waals surface area contributed by atoms with Gasteiger partial charge in [0.25, 0.3) is 5.91 Å². The van der Waals surface area contributed by atoms with E-state index in [2.05, 4.69) is 0 Å². The number of hydrogen-bond acceptors (Lipinski definition) is 4. The summed E-state index contributed by atoms with van der Waals surface area (Å²) in [6.07, 6.45) is 1.87. The fourth-order valence-electron chi connectivity index (χ4n) is 3.04. The van der Waals surface area contributed by atoms with Crippen LogP contribution in [0.4, 0.5) is 5.69 Å². The van der Waals surface area contributed by atoms with Crippen molar-refractivity contribution in [1.29, 1.82) is 0 Å². The van der Waals surface area contributed by atoms with Crippen LogP contribution in [0, 0.1) is 6.92 Å². The molecule has 0 spiro atoms. The summed E-state index contributed by atoms with van der Waals surface area (Å²) in [6, 6.07) is 25.5. The average molecular weight is 418 g/mol. The van der Waals surface area contributed by atoms with Crippen molar-refractivity contribution in [2.24, 2.45) is 0 Å². The number of amides is 1. The van der Waals surface area contributed by atoms with E-state index in [0.717, 1.165) is 28.1 Å². The number of benzene rings is 3. The lowest BCUT2D eigenvalue weighted by molar-refractivity contribution is -0.113. The molecule has 1 aliphatic rings. The Morgan fingerprint density at radius 1 is 1.00 bits per heavy atom. The number of rotatable bonds is 5. The lowest BCUT2D eigenvalue weighted by atomic mass is 10.2. The number of aryl methyl sites for hydroxylation is 1. The molecule has 4 rings (SSSR count). The first-order chi connectivity index (χ1) is 14.1. The summed E-state index contributed by atoms with van der Waals surface area (Å²) in [6.45, 7) is 2.50. The van der Waals surface area contributed by atoms with Gasteiger partial charge in [-0.15, -0.1) is 0 Å². The Balaban J connectivity index is 1.52. The monoisotopic (exact) mass is 417 g/mol. The molecule has 5 heteroatoms. The topological polar surface area (TPSA) is 29.5 Å². The smallest absolute Gasteiger partial charge is 0.270 e. The molecule has 0 unspecified atom stereocenters. The third kappa shape index (κ3) is 4.58. The lowest BCUT2D eigenvalue weighted by Crippen LogP contribution is -2.27. The van der Waals surface area contributed by atoms with E-state index in [1.165, 1.54) is 11.8 Å². The van der Waals surface area contributed by atoms with E-state index in [1.807, 2.05) is 91.9 Å². The highest BCUT2D eigenvalue weighted by molar-refractivity contribution is 8.27. The predicted molar refractivity (Wildman–Crippen MR) is 124 cm³/mol. The van der Waals surface area contributed by atoms with Crippen molar-refractivity contribution >= 4 is 46.0 Å². The Kier molecular flexibility index (Phi) is 5.79. The molecule has 0 radical (unpaired) electrons. The van der Waals surface area contributed by atoms with Crippen molar-refractivity contribution < 1.29 is 9.53 Å². The van der Waals surface area contributed by atoms with Gasteiger partial charge in [0.05, 0.1) is 10.6 Å². The first kappa shape index (κ1) is 19.4. The lowest BCUT2D eigenvalue weighted by Gasteiger charge is -2.14. The van der Waals surface area contributed by atoms with Gasteiger partial charge in [-0.1, -0.05) is 78.6 Å². The third-order valence-corrected chi connectivity index (χ3v) is 5.76. The standard InChI is InChI=1S/C24H19NO2S2/c1-17-7-5-11-20(13-17)25-23(26)22(29-24(25)28)15-19-10-6-12-21(14-19)27-16-18-8-3-2-4-9-18/h2-15H,16H2,1H3. The molecule has 1 amide bonds. The van der Waals surface area contributed by atoms with Crippen LogP contribution in [0.25, 0.3) is 6.08 Å². The van der Waals surface area contributed by atoms with Crippen molar-refractivity contribution in [2.75, 3.05) is 4.90 Å². The number of ether oxygens (including phenoxy) is 1. The van der Waals surface area contributed by atoms with E-state index in [0.29, 0.717) is 15.8 Å². The van der Waals surface area contributed by atoms with Gasteiger partial charge in [0.1, 0.15) is 12.4 Å². The summed E-state index contributed by atoms with van der Waals surface area (Å²) in [5.74, 6) is 0.665. The molecule has 0 N–H and O–H groups in total. The van der Waals surface area contributed by atoms with E-state index < -0.39 is 0 Å². The van der Waals surface area contributed by atoms with Crippen molar-refractivity contribution in [2.45, 2.75) is 13.5 Å². The van der Waals surface area contributed by atoms with Gasteiger partial charge in [-0.25, -0.2) is 0 Å².